The molecule has 0 saturated carbocycles. The minimum absolute atomic E-state index is 0.0256. The van der Waals surface area contributed by atoms with Crippen LogP contribution in [-0.4, -0.2) is 0 Å². The molecule has 94 valence electrons. The van der Waals surface area contributed by atoms with E-state index in [1.807, 2.05) is 31.2 Å². The molecule has 2 rings (SSSR count). The van der Waals surface area contributed by atoms with Crippen molar-refractivity contribution in [2.75, 3.05) is 0 Å². The van der Waals surface area contributed by atoms with E-state index in [2.05, 4.69) is 15.9 Å². The Morgan fingerprint density at radius 2 is 1.44 bits per heavy atom. The molecular weight excluding hydrogens is 354 g/mol. The Bertz CT molecular complexity index is 530. The molecule has 0 nitrogen and oxygen atoms in total. The number of hydrogen-bond donors (Lipinski definition) is 0. The van der Waals surface area contributed by atoms with Gasteiger partial charge in [-0.3, -0.25) is 0 Å². The summed E-state index contributed by atoms with van der Waals surface area (Å²) in [5.74, 6) is 0. The topological polar surface area (TPSA) is 0 Å². The summed E-state index contributed by atoms with van der Waals surface area (Å²) >= 11 is 21.9. The molecular formula is C14H10BrCl3. The van der Waals surface area contributed by atoms with E-state index in [1.165, 1.54) is 0 Å². The number of rotatable bonds is 2. The molecule has 0 aliphatic carbocycles. The Morgan fingerprint density at radius 1 is 0.889 bits per heavy atom. The molecule has 0 amide bonds. The van der Waals surface area contributed by atoms with Gasteiger partial charge in [-0.25, -0.2) is 0 Å². The first-order valence-electron chi connectivity index (χ1n) is 5.34. The lowest BCUT2D eigenvalue weighted by Crippen LogP contribution is -1.97. The number of halogens is 4. The van der Waals surface area contributed by atoms with Crippen molar-refractivity contribution in [3.63, 3.8) is 0 Å². The zero-order valence-corrected chi connectivity index (χ0v) is 13.4. The fraction of sp³-hybridized carbons (Fsp3) is 0.143. The summed E-state index contributed by atoms with van der Waals surface area (Å²) in [6.45, 7) is 2.04. The van der Waals surface area contributed by atoms with Gasteiger partial charge in [-0.05, 0) is 53.9 Å². The van der Waals surface area contributed by atoms with E-state index in [4.69, 9.17) is 34.8 Å². The van der Waals surface area contributed by atoms with Gasteiger partial charge in [-0.2, -0.15) is 0 Å². The van der Waals surface area contributed by atoms with Gasteiger partial charge in [0.15, 0.2) is 0 Å². The molecule has 0 aromatic heterocycles. The molecule has 0 spiro atoms. The largest absolute Gasteiger partial charge is 0.0843 e. The van der Waals surface area contributed by atoms with Gasteiger partial charge in [0, 0.05) is 15.1 Å². The van der Waals surface area contributed by atoms with Crippen molar-refractivity contribution in [2.24, 2.45) is 0 Å². The van der Waals surface area contributed by atoms with Gasteiger partial charge in [-0.15, -0.1) is 0 Å². The second-order valence-electron chi connectivity index (χ2n) is 4.03. The zero-order chi connectivity index (χ0) is 13.3. The maximum Gasteiger partial charge on any atom is 0.0662 e. The van der Waals surface area contributed by atoms with Crippen molar-refractivity contribution in [3.8, 4) is 0 Å². The molecule has 0 aliphatic heterocycles. The van der Waals surface area contributed by atoms with E-state index in [0.717, 1.165) is 16.7 Å². The van der Waals surface area contributed by atoms with Crippen LogP contribution in [0.2, 0.25) is 15.1 Å². The van der Waals surface area contributed by atoms with E-state index < -0.39 is 0 Å². The second kappa shape index (κ2) is 5.83. The third-order valence-corrected chi connectivity index (χ3v) is 4.55. The van der Waals surface area contributed by atoms with Crippen LogP contribution >= 0.6 is 50.7 Å². The zero-order valence-electron chi connectivity index (χ0n) is 9.55. The summed E-state index contributed by atoms with van der Waals surface area (Å²) in [6, 6.07) is 11.2. The fourth-order valence-electron chi connectivity index (χ4n) is 1.76. The molecule has 4 heteroatoms. The maximum atomic E-state index is 6.21. The van der Waals surface area contributed by atoms with Crippen molar-refractivity contribution in [2.45, 2.75) is 11.8 Å². The van der Waals surface area contributed by atoms with Gasteiger partial charge in [-0.1, -0.05) is 56.8 Å². The SMILES string of the molecule is Cc1ccc(Cl)cc1C(Br)c1cc(Cl)ccc1Cl. The summed E-state index contributed by atoms with van der Waals surface area (Å²) in [7, 11) is 0. The minimum atomic E-state index is -0.0256. The lowest BCUT2D eigenvalue weighted by Gasteiger charge is -2.15. The average molecular weight is 364 g/mol. The third-order valence-electron chi connectivity index (χ3n) is 2.75. The van der Waals surface area contributed by atoms with E-state index in [0.29, 0.717) is 15.1 Å². The number of benzene rings is 2. The van der Waals surface area contributed by atoms with Crippen LogP contribution in [0.1, 0.15) is 21.5 Å². The number of aryl methyl sites for hydroxylation is 1. The van der Waals surface area contributed by atoms with E-state index in [1.54, 1.807) is 12.1 Å². The van der Waals surface area contributed by atoms with Gasteiger partial charge in [0.2, 0.25) is 0 Å². The molecule has 0 aliphatic rings. The van der Waals surface area contributed by atoms with Crippen LogP contribution in [0.25, 0.3) is 0 Å². The van der Waals surface area contributed by atoms with Crippen LogP contribution in [0.3, 0.4) is 0 Å². The molecule has 18 heavy (non-hydrogen) atoms. The van der Waals surface area contributed by atoms with Crippen LogP contribution in [0, 0.1) is 6.92 Å². The highest BCUT2D eigenvalue weighted by atomic mass is 79.9. The van der Waals surface area contributed by atoms with Crippen LogP contribution in [0.5, 0.6) is 0 Å². The van der Waals surface area contributed by atoms with Crippen molar-refractivity contribution >= 4 is 50.7 Å². The quantitative estimate of drug-likeness (QED) is 0.538. The molecule has 0 heterocycles. The number of hydrogen-bond acceptors (Lipinski definition) is 0. The van der Waals surface area contributed by atoms with Crippen molar-refractivity contribution in [3.05, 3.63) is 68.2 Å². The predicted molar refractivity (Wildman–Crippen MR) is 83.4 cm³/mol. The van der Waals surface area contributed by atoms with E-state index in [-0.39, 0.29) is 4.83 Å². The van der Waals surface area contributed by atoms with Crippen molar-refractivity contribution in [1.82, 2.24) is 0 Å². The first-order valence-corrected chi connectivity index (χ1v) is 7.39. The van der Waals surface area contributed by atoms with Gasteiger partial charge < -0.3 is 0 Å². The Labute approximate surface area is 130 Å². The highest BCUT2D eigenvalue weighted by Crippen LogP contribution is 2.38. The first-order chi connectivity index (χ1) is 8.49. The van der Waals surface area contributed by atoms with Gasteiger partial charge >= 0.3 is 0 Å². The second-order valence-corrected chi connectivity index (χ2v) is 6.23. The molecule has 1 atom stereocenters. The molecule has 2 aromatic rings. The molecule has 2 aromatic carbocycles. The molecule has 0 fully saturated rings. The third kappa shape index (κ3) is 3.03. The highest BCUT2D eigenvalue weighted by molar-refractivity contribution is 9.09. The normalized spacial score (nSPS) is 12.5. The monoisotopic (exact) mass is 362 g/mol. The Hall–Kier alpha value is -0.210. The van der Waals surface area contributed by atoms with E-state index >= 15 is 0 Å². The maximum absolute atomic E-state index is 6.21. The van der Waals surface area contributed by atoms with Gasteiger partial charge in [0.25, 0.3) is 0 Å². The van der Waals surface area contributed by atoms with Crippen LogP contribution in [0.15, 0.2) is 36.4 Å². The smallest absolute Gasteiger partial charge is 0.0662 e. The number of alkyl halides is 1. The van der Waals surface area contributed by atoms with Crippen molar-refractivity contribution in [1.29, 1.82) is 0 Å². The summed E-state index contributed by atoms with van der Waals surface area (Å²) < 4.78 is 0. The van der Waals surface area contributed by atoms with Gasteiger partial charge in [0.1, 0.15) is 0 Å². The summed E-state index contributed by atoms with van der Waals surface area (Å²) in [5, 5.41) is 2.05. The average Bonchev–Trinajstić information content (AvgIpc) is 2.34. The Balaban J connectivity index is 2.50. The minimum Gasteiger partial charge on any atom is -0.0843 e. The Kier molecular flexibility index (Phi) is 4.60. The van der Waals surface area contributed by atoms with Crippen molar-refractivity contribution < 1.29 is 0 Å². The van der Waals surface area contributed by atoms with Crippen LogP contribution in [0.4, 0.5) is 0 Å². The summed E-state index contributed by atoms with van der Waals surface area (Å²) in [4.78, 5) is -0.0256. The van der Waals surface area contributed by atoms with Gasteiger partial charge in [0.05, 0.1) is 4.83 Å². The first kappa shape index (κ1) is 14.2. The highest BCUT2D eigenvalue weighted by Gasteiger charge is 2.16. The molecule has 1 unspecified atom stereocenters. The molecule has 0 N–H and O–H groups in total. The lowest BCUT2D eigenvalue weighted by molar-refractivity contribution is 1.14. The molecule has 0 saturated heterocycles. The summed E-state index contributed by atoms with van der Waals surface area (Å²) in [6.07, 6.45) is 0. The van der Waals surface area contributed by atoms with E-state index in [9.17, 15) is 0 Å². The van der Waals surface area contributed by atoms with Crippen LogP contribution in [-0.2, 0) is 0 Å². The fourth-order valence-corrected chi connectivity index (χ4v) is 3.35. The Morgan fingerprint density at radius 3 is 2.11 bits per heavy atom. The predicted octanol–water partition coefficient (Wildman–Crippen LogP) is 6.44. The molecule has 0 radical (unpaired) electrons. The lowest BCUT2D eigenvalue weighted by atomic mass is 10.0. The standard InChI is InChI=1S/C14H10BrCl3/c1-8-2-3-9(16)6-11(8)14(15)12-7-10(17)4-5-13(12)18/h2-7,14H,1H3. The molecule has 0 bridgehead atoms. The summed E-state index contributed by atoms with van der Waals surface area (Å²) in [5.41, 5.74) is 3.18. The van der Waals surface area contributed by atoms with Crippen LogP contribution < -0.4 is 0 Å².